The van der Waals surface area contributed by atoms with Crippen LogP contribution in [-0.2, 0) is 11.2 Å². The van der Waals surface area contributed by atoms with Gasteiger partial charge in [-0.1, -0.05) is 12.1 Å². The number of amides is 1. The van der Waals surface area contributed by atoms with Gasteiger partial charge in [-0.15, -0.1) is 0 Å². The maximum Gasteiger partial charge on any atom is 0.238 e. The van der Waals surface area contributed by atoms with E-state index >= 15 is 0 Å². The molecule has 0 aliphatic carbocycles. The van der Waals surface area contributed by atoms with Gasteiger partial charge in [0.05, 0.1) is 7.11 Å². The van der Waals surface area contributed by atoms with E-state index in [9.17, 15) is 4.79 Å². The van der Waals surface area contributed by atoms with Crippen LogP contribution >= 0.6 is 12.2 Å². The van der Waals surface area contributed by atoms with Gasteiger partial charge in [0, 0.05) is 18.2 Å². The summed E-state index contributed by atoms with van der Waals surface area (Å²) in [6.45, 7) is 1.06. The van der Waals surface area contributed by atoms with E-state index in [0.717, 1.165) is 17.0 Å². The van der Waals surface area contributed by atoms with Gasteiger partial charge in [0.15, 0.2) is 16.6 Å². The Hall–Kier alpha value is -3.00. The minimum absolute atomic E-state index is 0.155. The quantitative estimate of drug-likeness (QED) is 0.537. The minimum atomic E-state index is -0.155. The number of fused-ring (bicyclic) bond motifs is 1. The second kappa shape index (κ2) is 9.09. The molecular formula is C19H21N3O4S. The number of benzene rings is 2. The molecule has 1 heterocycles. The van der Waals surface area contributed by atoms with Crippen LogP contribution in [0.4, 0.5) is 5.69 Å². The number of hydrogen-bond donors (Lipinski definition) is 3. The van der Waals surface area contributed by atoms with E-state index in [2.05, 4.69) is 16.2 Å². The molecule has 8 heteroatoms. The van der Waals surface area contributed by atoms with Crippen LogP contribution in [0.5, 0.6) is 17.2 Å². The number of thiocarbonyl (C=S) groups is 1. The number of aryl methyl sites for hydroxylation is 1. The fourth-order valence-corrected chi connectivity index (χ4v) is 2.69. The van der Waals surface area contributed by atoms with Crippen LogP contribution in [0.3, 0.4) is 0 Å². The van der Waals surface area contributed by atoms with Crippen molar-refractivity contribution in [2.45, 2.75) is 12.8 Å². The highest BCUT2D eigenvalue weighted by Crippen LogP contribution is 2.32. The maximum absolute atomic E-state index is 12.0. The molecule has 3 N–H and O–H groups in total. The van der Waals surface area contributed by atoms with Crippen molar-refractivity contribution in [2.75, 3.05) is 25.6 Å². The van der Waals surface area contributed by atoms with Gasteiger partial charge in [0.2, 0.25) is 5.91 Å². The molecule has 1 amide bonds. The summed E-state index contributed by atoms with van der Waals surface area (Å²) in [5.74, 6) is 2.01. The third-order valence-corrected chi connectivity index (χ3v) is 4.12. The molecule has 142 valence electrons. The fourth-order valence-electron chi connectivity index (χ4n) is 2.52. The van der Waals surface area contributed by atoms with Gasteiger partial charge in [-0.25, -0.2) is 0 Å². The van der Waals surface area contributed by atoms with Crippen molar-refractivity contribution in [3.63, 3.8) is 0 Å². The van der Waals surface area contributed by atoms with Crippen LogP contribution in [0, 0.1) is 0 Å². The number of hydrogen-bond acceptors (Lipinski definition) is 5. The van der Waals surface area contributed by atoms with Crippen LogP contribution < -0.4 is 30.4 Å². The Labute approximate surface area is 163 Å². The van der Waals surface area contributed by atoms with Crippen molar-refractivity contribution in [2.24, 2.45) is 0 Å². The summed E-state index contributed by atoms with van der Waals surface area (Å²) in [5.41, 5.74) is 7.08. The maximum atomic E-state index is 12.0. The first-order valence-electron chi connectivity index (χ1n) is 8.52. The zero-order valence-corrected chi connectivity index (χ0v) is 15.7. The number of methoxy groups -OCH3 is 1. The summed E-state index contributed by atoms with van der Waals surface area (Å²) < 4.78 is 16.1. The van der Waals surface area contributed by atoms with Gasteiger partial charge in [0.1, 0.15) is 19.0 Å². The van der Waals surface area contributed by atoms with E-state index < -0.39 is 0 Å². The molecule has 0 fully saturated rings. The summed E-state index contributed by atoms with van der Waals surface area (Å²) in [4.78, 5) is 12.0. The molecule has 2 aromatic carbocycles. The Bertz CT molecular complexity index is 811. The molecular weight excluding hydrogens is 366 g/mol. The summed E-state index contributed by atoms with van der Waals surface area (Å²) in [5, 5.41) is 3.27. The van der Waals surface area contributed by atoms with Crippen LogP contribution in [-0.4, -0.2) is 31.3 Å². The number of carbonyl (C=O) groups excluding carboxylic acids is 1. The Kier molecular flexibility index (Phi) is 6.32. The number of ether oxygens (including phenoxy) is 3. The summed E-state index contributed by atoms with van der Waals surface area (Å²) >= 11 is 5.19. The van der Waals surface area contributed by atoms with E-state index in [4.69, 9.17) is 26.4 Å². The molecule has 7 nitrogen and oxygen atoms in total. The SMILES string of the molecule is COc1ccc(CCC(=O)NNC(=S)Nc2ccc3c(c2)OCCO3)cc1. The van der Waals surface area contributed by atoms with Crippen molar-refractivity contribution < 1.29 is 19.0 Å². The van der Waals surface area contributed by atoms with E-state index in [-0.39, 0.29) is 11.0 Å². The second-order valence-electron chi connectivity index (χ2n) is 5.83. The smallest absolute Gasteiger partial charge is 0.238 e. The molecule has 2 aromatic rings. The topological polar surface area (TPSA) is 80.9 Å². The molecule has 0 aromatic heterocycles. The molecule has 0 radical (unpaired) electrons. The molecule has 0 atom stereocenters. The first-order valence-corrected chi connectivity index (χ1v) is 8.93. The third kappa shape index (κ3) is 5.49. The van der Waals surface area contributed by atoms with E-state index in [1.165, 1.54) is 0 Å². The van der Waals surface area contributed by atoms with Gasteiger partial charge in [-0.3, -0.25) is 15.6 Å². The molecule has 0 bridgehead atoms. The van der Waals surface area contributed by atoms with Crippen LogP contribution in [0.1, 0.15) is 12.0 Å². The van der Waals surface area contributed by atoms with Gasteiger partial charge in [-0.05, 0) is 48.5 Å². The third-order valence-electron chi connectivity index (χ3n) is 3.92. The zero-order chi connectivity index (χ0) is 19.1. The zero-order valence-electron chi connectivity index (χ0n) is 14.9. The van der Waals surface area contributed by atoms with Crippen molar-refractivity contribution in [3.8, 4) is 17.2 Å². The van der Waals surface area contributed by atoms with Gasteiger partial charge in [-0.2, -0.15) is 0 Å². The fraction of sp³-hybridized carbons (Fsp3) is 0.263. The standard InChI is InChI=1S/C19H21N3O4S/c1-24-15-6-2-13(3-7-15)4-9-18(23)21-22-19(27)20-14-5-8-16-17(12-14)26-11-10-25-16/h2-3,5-8,12H,4,9-11H2,1H3,(H,21,23)(H2,20,22,27). The summed E-state index contributed by atoms with van der Waals surface area (Å²) in [7, 11) is 1.62. The Morgan fingerprint density at radius 2 is 1.81 bits per heavy atom. The Balaban J connectivity index is 1.41. The lowest BCUT2D eigenvalue weighted by atomic mass is 10.1. The van der Waals surface area contributed by atoms with Gasteiger partial charge >= 0.3 is 0 Å². The molecule has 1 aliphatic rings. The predicted molar refractivity (Wildman–Crippen MR) is 106 cm³/mol. The lowest BCUT2D eigenvalue weighted by Crippen LogP contribution is -2.43. The summed E-state index contributed by atoms with van der Waals surface area (Å²) in [6.07, 6.45) is 0.964. The lowest BCUT2D eigenvalue weighted by molar-refractivity contribution is -0.121. The molecule has 1 aliphatic heterocycles. The average Bonchev–Trinajstić information content (AvgIpc) is 2.71. The normalized spacial score (nSPS) is 12.0. The molecule has 27 heavy (non-hydrogen) atoms. The highest BCUT2D eigenvalue weighted by molar-refractivity contribution is 7.80. The van der Waals surface area contributed by atoms with E-state index in [1.807, 2.05) is 36.4 Å². The lowest BCUT2D eigenvalue weighted by Gasteiger charge is -2.19. The number of rotatable bonds is 5. The van der Waals surface area contributed by atoms with Crippen molar-refractivity contribution in [1.82, 2.24) is 10.9 Å². The highest BCUT2D eigenvalue weighted by atomic mass is 32.1. The molecule has 0 spiro atoms. The molecule has 3 rings (SSSR count). The van der Waals surface area contributed by atoms with Crippen LogP contribution in [0.2, 0.25) is 0 Å². The minimum Gasteiger partial charge on any atom is -0.497 e. The summed E-state index contributed by atoms with van der Waals surface area (Å²) in [6, 6.07) is 13.1. The molecule has 0 saturated heterocycles. The van der Waals surface area contributed by atoms with E-state index in [1.54, 1.807) is 13.2 Å². The number of hydrazine groups is 1. The van der Waals surface area contributed by atoms with Gasteiger partial charge in [0.25, 0.3) is 0 Å². The number of carbonyl (C=O) groups is 1. The number of anilines is 1. The van der Waals surface area contributed by atoms with Crippen molar-refractivity contribution in [1.29, 1.82) is 0 Å². The van der Waals surface area contributed by atoms with Gasteiger partial charge < -0.3 is 19.5 Å². The average molecular weight is 387 g/mol. The highest BCUT2D eigenvalue weighted by Gasteiger charge is 2.12. The first-order chi connectivity index (χ1) is 13.1. The van der Waals surface area contributed by atoms with Crippen LogP contribution in [0.25, 0.3) is 0 Å². The molecule has 0 unspecified atom stereocenters. The predicted octanol–water partition coefficient (Wildman–Crippen LogP) is 2.42. The first kappa shape index (κ1) is 18.8. The molecule has 0 saturated carbocycles. The second-order valence-corrected chi connectivity index (χ2v) is 6.24. The Morgan fingerprint density at radius 1 is 1.07 bits per heavy atom. The monoisotopic (exact) mass is 387 g/mol. The number of nitrogens with one attached hydrogen (secondary N) is 3. The van der Waals surface area contributed by atoms with Crippen molar-refractivity contribution >= 4 is 28.9 Å². The van der Waals surface area contributed by atoms with Crippen molar-refractivity contribution in [3.05, 3.63) is 48.0 Å². The van der Waals surface area contributed by atoms with Crippen LogP contribution in [0.15, 0.2) is 42.5 Å². The Morgan fingerprint density at radius 3 is 2.56 bits per heavy atom. The largest absolute Gasteiger partial charge is 0.497 e. The van der Waals surface area contributed by atoms with E-state index in [0.29, 0.717) is 37.6 Å².